The highest BCUT2D eigenvalue weighted by atomic mass is 19.4. The minimum absolute atomic E-state index is 0.127. The van der Waals surface area contributed by atoms with E-state index in [-0.39, 0.29) is 32.1 Å². The Bertz CT molecular complexity index is 987. The lowest BCUT2D eigenvalue weighted by atomic mass is 10.2. The van der Waals surface area contributed by atoms with Crippen molar-refractivity contribution in [3.05, 3.63) is 53.9 Å². The van der Waals surface area contributed by atoms with Gasteiger partial charge < -0.3 is 23.9 Å². The number of hydrogen-bond donors (Lipinski definition) is 1. The number of rotatable bonds is 6. The van der Waals surface area contributed by atoms with Crippen LogP contribution in [-0.2, 0) is 24.1 Å². The van der Waals surface area contributed by atoms with Gasteiger partial charge in [-0.3, -0.25) is 0 Å². The third kappa shape index (κ3) is 3.76. The second kappa shape index (κ2) is 7.33. The van der Waals surface area contributed by atoms with Crippen molar-refractivity contribution in [3.8, 4) is 11.5 Å². The number of nitrogens with zero attached hydrogens (tertiary/aromatic N) is 2. The van der Waals surface area contributed by atoms with E-state index in [1.807, 2.05) is 0 Å². The monoisotopic (exact) mass is 394 g/mol. The number of aliphatic hydroxyl groups is 1. The Kier molecular flexibility index (Phi) is 4.86. The number of para-hydroxylation sites is 2. The van der Waals surface area contributed by atoms with Crippen molar-refractivity contribution in [2.45, 2.75) is 25.4 Å². The van der Waals surface area contributed by atoms with Crippen molar-refractivity contribution < 1.29 is 32.5 Å². The van der Waals surface area contributed by atoms with Crippen LogP contribution in [0.5, 0.6) is 11.5 Å². The molecule has 0 bridgehead atoms. The largest absolute Gasteiger partial charge is 0.454 e. The van der Waals surface area contributed by atoms with Gasteiger partial charge in [0.1, 0.15) is 0 Å². The molecule has 2 aromatic carbocycles. The molecule has 0 amide bonds. The third-order valence-corrected chi connectivity index (χ3v) is 4.32. The number of fused-ring (bicyclic) bond motifs is 2. The molecule has 6 nitrogen and oxygen atoms in total. The molecule has 0 saturated heterocycles. The number of alkyl halides is 3. The summed E-state index contributed by atoms with van der Waals surface area (Å²) in [6, 6.07) is 11.6. The molecule has 0 fully saturated rings. The van der Waals surface area contributed by atoms with Crippen molar-refractivity contribution in [1.29, 1.82) is 0 Å². The molecule has 1 N–H and O–H groups in total. The molecule has 1 atom stereocenters. The molecular formula is C19H17F3N2O4. The van der Waals surface area contributed by atoms with Gasteiger partial charge in [0.2, 0.25) is 12.6 Å². The van der Waals surface area contributed by atoms with Crippen molar-refractivity contribution in [1.82, 2.24) is 9.55 Å². The smallest absolute Gasteiger partial charge is 0.449 e. The standard InChI is InChI=1S/C19H17F3N2O4/c20-19(21,22)18-23-14-3-1-2-4-15(14)24(18)8-13(25)10-26-9-12-5-6-16-17(7-12)28-11-27-16/h1-7,13,25H,8-11H2. The Morgan fingerprint density at radius 2 is 1.93 bits per heavy atom. The maximum absolute atomic E-state index is 13.3. The normalized spacial score (nSPS) is 14.6. The van der Waals surface area contributed by atoms with Gasteiger partial charge in [0.25, 0.3) is 0 Å². The zero-order chi connectivity index (χ0) is 19.7. The second-order valence-electron chi connectivity index (χ2n) is 6.39. The van der Waals surface area contributed by atoms with Crippen LogP contribution in [0.15, 0.2) is 42.5 Å². The molecule has 1 unspecified atom stereocenters. The summed E-state index contributed by atoms with van der Waals surface area (Å²) in [5.74, 6) is 0.223. The fourth-order valence-electron chi connectivity index (χ4n) is 3.08. The van der Waals surface area contributed by atoms with E-state index in [1.54, 1.807) is 30.3 Å². The third-order valence-electron chi connectivity index (χ3n) is 4.32. The van der Waals surface area contributed by atoms with Gasteiger partial charge in [0.15, 0.2) is 11.5 Å². The average molecular weight is 394 g/mol. The van der Waals surface area contributed by atoms with Crippen LogP contribution in [0.25, 0.3) is 11.0 Å². The molecule has 2 heterocycles. The molecule has 1 aliphatic heterocycles. The molecule has 0 aliphatic carbocycles. The first-order chi connectivity index (χ1) is 13.4. The van der Waals surface area contributed by atoms with Crippen molar-refractivity contribution in [3.63, 3.8) is 0 Å². The number of halogens is 3. The van der Waals surface area contributed by atoms with Crippen LogP contribution in [0.2, 0.25) is 0 Å². The van der Waals surface area contributed by atoms with Crippen LogP contribution in [0.3, 0.4) is 0 Å². The topological polar surface area (TPSA) is 65.7 Å². The SMILES string of the molecule is OC(COCc1ccc2c(c1)OCO2)Cn1c(C(F)(F)F)nc2ccccc21. The minimum Gasteiger partial charge on any atom is -0.454 e. The second-order valence-corrected chi connectivity index (χ2v) is 6.39. The zero-order valence-electron chi connectivity index (χ0n) is 14.6. The first kappa shape index (κ1) is 18.6. The Hall–Kier alpha value is -2.78. The summed E-state index contributed by atoms with van der Waals surface area (Å²) < 4.78 is 56.8. The fourth-order valence-corrected chi connectivity index (χ4v) is 3.08. The predicted octanol–water partition coefficient (Wildman–Crippen LogP) is 3.36. The minimum atomic E-state index is -4.62. The highest BCUT2D eigenvalue weighted by molar-refractivity contribution is 5.76. The van der Waals surface area contributed by atoms with E-state index in [9.17, 15) is 18.3 Å². The first-order valence-electron chi connectivity index (χ1n) is 8.58. The van der Waals surface area contributed by atoms with Crippen LogP contribution in [-0.4, -0.2) is 34.2 Å². The number of aromatic nitrogens is 2. The zero-order valence-corrected chi connectivity index (χ0v) is 14.6. The summed E-state index contributed by atoms with van der Waals surface area (Å²) in [4.78, 5) is 3.66. The van der Waals surface area contributed by atoms with Gasteiger partial charge in [0, 0.05) is 0 Å². The van der Waals surface area contributed by atoms with E-state index in [0.29, 0.717) is 17.0 Å². The number of hydrogen-bond acceptors (Lipinski definition) is 5. The van der Waals surface area contributed by atoms with Gasteiger partial charge in [-0.15, -0.1) is 0 Å². The molecule has 1 aliphatic rings. The van der Waals surface area contributed by atoms with E-state index in [4.69, 9.17) is 14.2 Å². The predicted molar refractivity (Wildman–Crippen MR) is 93.0 cm³/mol. The number of ether oxygens (including phenoxy) is 3. The summed E-state index contributed by atoms with van der Waals surface area (Å²) in [5.41, 5.74) is 1.34. The summed E-state index contributed by atoms with van der Waals surface area (Å²) >= 11 is 0. The summed E-state index contributed by atoms with van der Waals surface area (Å²) in [6.07, 6.45) is -5.75. The van der Waals surface area contributed by atoms with E-state index >= 15 is 0 Å². The quantitative estimate of drug-likeness (QED) is 0.695. The van der Waals surface area contributed by atoms with Crippen LogP contribution in [0, 0.1) is 0 Å². The van der Waals surface area contributed by atoms with Crippen molar-refractivity contribution >= 4 is 11.0 Å². The Balaban J connectivity index is 1.42. The number of aliphatic hydroxyl groups excluding tert-OH is 1. The van der Waals surface area contributed by atoms with Crippen LogP contribution >= 0.6 is 0 Å². The molecule has 3 aromatic rings. The van der Waals surface area contributed by atoms with Crippen LogP contribution in [0.1, 0.15) is 11.4 Å². The van der Waals surface area contributed by atoms with Gasteiger partial charge >= 0.3 is 6.18 Å². The molecule has 28 heavy (non-hydrogen) atoms. The van der Waals surface area contributed by atoms with Crippen molar-refractivity contribution in [2.75, 3.05) is 13.4 Å². The Morgan fingerprint density at radius 3 is 2.75 bits per heavy atom. The molecule has 0 radical (unpaired) electrons. The molecule has 1 aromatic heterocycles. The molecular weight excluding hydrogens is 377 g/mol. The molecule has 9 heteroatoms. The Morgan fingerprint density at radius 1 is 1.14 bits per heavy atom. The maximum Gasteiger partial charge on any atom is 0.449 e. The summed E-state index contributed by atoms with van der Waals surface area (Å²) in [5, 5.41) is 10.2. The number of imidazole rings is 1. The lowest BCUT2D eigenvalue weighted by molar-refractivity contribution is -0.147. The molecule has 0 saturated carbocycles. The molecule has 0 spiro atoms. The fraction of sp³-hybridized carbons (Fsp3) is 0.316. The van der Waals surface area contributed by atoms with E-state index in [0.717, 1.165) is 10.1 Å². The lowest BCUT2D eigenvalue weighted by Gasteiger charge is -2.16. The first-order valence-corrected chi connectivity index (χ1v) is 8.58. The van der Waals surface area contributed by atoms with Crippen LogP contribution < -0.4 is 9.47 Å². The highest BCUT2D eigenvalue weighted by Crippen LogP contribution is 2.33. The lowest BCUT2D eigenvalue weighted by Crippen LogP contribution is -2.25. The average Bonchev–Trinajstić information content (AvgIpc) is 3.26. The molecule has 148 valence electrons. The molecule has 4 rings (SSSR count). The maximum atomic E-state index is 13.3. The van der Waals surface area contributed by atoms with Gasteiger partial charge in [-0.05, 0) is 29.8 Å². The number of benzene rings is 2. The highest BCUT2D eigenvalue weighted by Gasteiger charge is 2.37. The van der Waals surface area contributed by atoms with Gasteiger partial charge in [-0.25, -0.2) is 4.98 Å². The van der Waals surface area contributed by atoms with E-state index < -0.39 is 18.1 Å². The van der Waals surface area contributed by atoms with Gasteiger partial charge in [0.05, 0.1) is 36.9 Å². The van der Waals surface area contributed by atoms with Gasteiger partial charge in [-0.1, -0.05) is 18.2 Å². The van der Waals surface area contributed by atoms with E-state index in [1.165, 1.54) is 12.1 Å². The van der Waals surface area contributed by atoms with Gasteiger partial charge in [-0.2, -0.15) is 13.2 Å². The van der Waals surface area contributed by atoms with E-state index in [2.05, 4.69) is 4.98 Å². The summed E-state index contributed by atoms with van der Waals surface area (Å²) in [7, 11) is 0. The van der Waals surface area contributed by atoms with Crippen molar-refractivity contribution in [2.24, 2.45) is 0 Å². The summed E-state index contributed by atoms with van der Waals surface area (Å²) in [6.45, 7) is -0.0575. The Labute approximate surface area is 158 Å². The van der Waals surface area contributed by atoms with Crippen LogP contribution in [0.4, 0.5) is 13.2 Å².